The third kappa shape index (κ3) is 6.06. The van der Waals surface area contributed by atoms with E-state index in [9.17, 15) is 13.2 Å². The summed E-state index contributed by atoms with van der Waals surface area (Å²) in [6, 6.07) is 14.8. The zero-order valence-corrected chi connectivity index (χ0v) is 18.9. The third-order valence-electron chi connectivity index (χ3n) is 5.46. The molecule has 0 radical (unpaired) electrons. The lowest BCUT2D eigenvalue weighted by Gasteiger charge is -2.26. The van der Waals surface area contributed by atoms with Crippen molar-refractivity contribution in [2.24, 2.45) is 0 Å². The van der Waals surface area contributed by atoms with Crippen LogP contribution in [-0.2, 0) is 26.0 Å². The van der Waals surface area contributed by atoms with Gasteiger partial charge in [-0.15, -0.1) is 0 Å². The van der Waals surface area contributed by atoms with Crippen molar-refractivity contribution in [3.8, 4) is 5.75 Å². The second-order valence-electron chi connectivity index (χ2n) is 7.61. The predicted octanol–water partition coefficient (Wildman–Crippen LogP) is 2.57. The zero-order valence-electron chi connectivity index (χ0n) is 18.0. The van der Waals surface area contributed by atoms with E-state index in [1.807, 2.05) is 30.3 Å². The van der Waals surface area contributed by atoms with E-state index in [4.69, 9.17) is 9.47 Å². The van der Waals surface area contributed by atoms with Gasteiger partial charge in [-0.25, -0.2) is 8.42 Å². The standard InChI is InChI=1S/C23H30N2O5S/c1-18(19-6-4-3-5-7-19)17-24-23(26)11-8-20-16-21(9-10-22(20)29-2)31(27,28)25-12-14-30-15-13-25/h3-7,9-10,16,18H,8,11-15,17H2,1-2H3,(H,24,26). The molecule has 7 nitrogen and oxygen atoms in total. The highest BCUT2D eigenvalue weighted by Crippen LogP contribution is 2.26. The summed E-state index contributed by atoms with van der Waals surface area (Å²) in [6.45, 7) is 4.08. The Morgan fingerprint density at radius 1 is 1.16 bits per heavy atom. The van der Waals surface area contributed by atoms with Gasteiger partial charge in [0.2, 0.25) is 15.9 Å². The second kappa shape index (κ2) is 10.7. The molecule has 2 aromatic carbocycles. The number of benzene rings is 2. The van der Waals surface area contributed by atoms with Crippen LogP contribution >= 0.6 is 0 Å². The summed E-state index contributed by atoms with van der Waals surface area (Å²) in [5, 5.41) is 2.97. The van der Waals surface area contributed by atoms with Crippen LogP contribution in [0.1, 0.15) is 30.4 Å². The Kier molecular flexibility index (Phi) is 8.06. The fourth-order valence-electron chi connectivity index (χ4n) is 3.55. The molecule has 8 heteroatoms. The van der Waals surface area contributed by atoms with Gasteiger partial charge in [-0.05, 0) is 41.7 Å². The van der Waals surface area contributed by atoms with E-state index in [1.165, 1.54) is 17.0 Å². The third-order valence-corrected chi connectivity index (χ3v) is 7.35. The Morgan fingerprint density at radius 2 is 1.87 bits per heavy atom. The van der Waals surface area contributed by atoms with Crippen LogP contribution in [-0.4, -0.2) is 58.6 Å². The Hall–Kier alpha value is -2.42. The fraction of sp³-hybridized carbons (Fsp3) is 0.435. The highest BCUT2D eigenvalue weighted by molar-refractivity contribution is 7.89. The Bertz CT molecular complexity index is 973. The highest BCUT2D eigenvalue weighted by Gasteiger charge is 2.27. The van der Waals surface area contributed by atoms with Crippen LogP contribution in [0.4, 0.5) is 0 Å². The number of aryl methyl sites for hydroxylation is 1. The van der Waals surface area contributed by atoms with E-state index < -0.39 is 10.0 Å². The average Bonchev–Trinajstić information content (AvgIpc) is 2.82. The molecule has 31 heavy (non-hydrogen) atoms. The van der Waals surface area contributed by atoms with E-state index in [0.29, 0.717) is 50.6 Å². The second-order valence-corrected chi connectivity index (χ2v) is 9.54. The van der Waals surface area contributed by atoms with Gasteiger partial charge in [0.1, 0.15) is 5.75 Å². The number of amides is 1. The lowest BCUT2D eigenvalue weighted by atomic mass is 10.0. The molecule has 1 unspecified atom stereocenters. The van der Waals surface area contributed by atoms with Crippen LogP contribution in [0.5, 0.6) is 5.75 Å². The smallest absolute Gasteiger partial charge is 0.243 e. The van der Waals surface area contributed by atoms with Crippen molar-refractivity contribution in [3.05, 3.63) is 59.7 Å². The Morgan fingerprint density at radius 3 is 2.55 bits per heavy atom. The molecule has 0 aliphatic carbocycles. The SMILES string of the molecule is COc1ccc(S(=O)(=O)N2CCOCC2)cc1CCC(=O)NCC(C)c1ccccc1. The molecule has 0 aromatic heterocycles. The molecule has 0 spiro atoms. The van der Waals surface area contributed by atoms with Crippen molar-refractivity contribution < 1.29 is 22.7 Å². The molecule has 1 N–H and O–H groups in total. The highest BCUT2D eigenvalue weighted by atomic mass is 32.2. The molecule has 1 fully saturated rings. The predicted molar refractivity (Wildman–Crippen MR) is 119 cm³/mol. The van der Waals surface area contributed by atoms with E-state index in [2.05, 4.69) is 12.2 Å². The quantitative estimate of drug-likeness (QED) is 0.640. The number of nitrogens with one attached hydrogen (secondary N) is 1. The number of ether oxygens (including phenoxy) is 2. The normalized spacial score (nSPS) is 15.9. The lowest BCUT2D eigenvalue weighted by Crippen LogP contribution is -2.40. The van der Waals surface area contributed by atoms with Gasteiger partial charge in [0, 0.05) is 26.1 Å². The van der Waals surface area contributed by atoms with Crippen LogP contribution in [0, 0.1) is 0 Å². The molecule has 2 aromatic rings. The van der Waals surface area contributed by atoms with Gasteiger partial charge in [-0.3, -0.25) is 4.79 Å². The maximum atomic E-state index is 12.9. The number of methoxy groups -OCH3 is 1. The summed E-state index contributed by atoms with van der Waals surface area (Å²) in [5.74, 6) is 0.708. The molecule has 1 saturated heterocycles. The van der Waals surface area contributed by atoms with Crippen molar-refractivity contribution in [2.45, 2.75) is 30.6 Å². The first-order valence-electron chi connectivity index (χ1n) is 10.5. The summed E-state index contributed by atoms with van der Waals surface area (Å²) in [4.78, 5) is 12.6. The molecular formula is C23H30N2O5S. The van der Waals surface area contributed by atoms with Crippen molar-refractivity contribution in [3.63, 3.8) is 0 Å². The lowest BCUT2D eigenvalue weighted by molar-refractivity contribution is -0.121. The van der Waals surface area contributed by atoms with Gasteiger partial charge in [0.15, 0.2) is 0 Å². The molecule has 168 valence electrons. The van der Waals surface area contributed by atoms with Gasteiger partial charge in [-0.2, -0.15) is 4.31 Å². The van der Waals surface area contributed by atoms with Crippen molar-refractivity contribution in [2.75, 3.05) is 40.0 Å². The minimum absolute atomic E-state index is 0.0775. The molecule has 1 amide bonds. The number of hydrogen-bond donors (Lipinski definition) is 1. The summed E-state index contributed by atoms with van der Waals surface area (Å²) >= 11 is 0. The van der Waals surface area contributed by atoms with Crippen LogP contribution in [0.15, 0.2) is 53.4 Å². The van der Waals surface area contributed by atoms with Gasteiger partial charge in [-0.1, -0.05) is 37.3 Å². The number of carbonyl (C=O) groups is 1. The summed E-state index contributed by atoms with van der Waals surface area (Å²) < 4.78 is 37.9. The van der Waals surface area contributed by atoms with Crippen LogP contribution in [0.2, 0.25) is 0 Å². The van der Waals surface area contributed by atoms with Gasteiger partial charge >= 0.3 is 0 Å². The zero-order chi connectivity index (χ0) is 22.3. The molecule has 1 heterocycles. The molecule has 3 rings (SSSR count). The molecular weight excluding hydrogens is 416 g/mol. The molecule has 1 atom stereocenters. The average molecular weight is 447 g/mol. The summed E-state index contributed by atoms with van der Waals surface area (Å²) in [5.41, 5.74) is 1.87. The van der Waals surface area contributed by atoms with E-state index in [0.717, 1.165) is 0 Å². The number of carbonyl (C=O) groups excluding carboxylic acids is 1. The maximum Gasteiger partial charge on any atom is 0.243 e. The van der Waals surface area contributed by atoms with Gasteiger partial charge in [0.25, 0.3) is 0 Å². The minimum Gasteiger partial charge on any atom is -0.496 e. The van der Waals surface area contributed by atoms with Crippen molar-refractivity contribution in [1.82, 2.24) is 9.62 Å². The number of rotatable bonds is 9. The van der Waals surface area contributed by atoms with Crippen molar-refractivity contribution in [1.29, 1.82) is 0 Å². The van der Waals surface area contributed by atoms with Crippen LogP contribution in [0.25, 0.3) is 0 Å². The number of hydrogen-bond acceptors (Lipinski definition) is 5. The minimum atomic E-state index is -3.60. The number of morpholine rings is 1. The first kappa shape index (κ1) is 23.2. The van der Waals surface area contributed by atoms with E-state index in [1.54, 1.807) is 18.2 Å². The monoisotopic (exact) mass is 446 g/mol. The van der Waals surface area contributed by atoms with Gasteiger partial charge < -0.3 is 14.8 Å². The van der Waals surface area contributed by atoms with Crippen LogP contribution in [0.3, 0.4) is 0 Å². The fourth-order valence-corrected chi connectivity index (χ4v) is 5.01. The van der Waals surface area contributed by atoms with E-state index in [-0.39, 0.29) is 23.1 Å². The molecule has 1 aliphatic heterocycles. The first-order valence-corrected chi connectivity index (χ1v) is 11.9. The molecule has 0 bridgehead atoms. The van der Waals surface area contributed by atoms with Crippen molar-refractivity contribution >= 4 is 15.9 Å². The maximum absolute atomic E-state index is 12.9. The summed E-state index contributed by atoms with van der Waals surface area (Å²) in [7, 11) is -2.06. The number of nitrogens with zero attached hydrogens (tertiary/aromatic N) is 1. The number of sulfonamides is 1. The Labute approximate surface area is 184 Å². The largest absolute Gasteiger partial charge is 0.496 e. The topological polar surface area (TPSA) is 84.9 Å². The van der Waals surface area contributed by atoms with Gasteiger partial charge in [0.05, 0.1) is 25.2 Å². The molecule has 1 aliphatic rings. The Balaban J connectivity index is 1.62. The first-order chi connectivity index (χ1) is 14.9. The summed E-state index contributed by atoms with van der Waals surface area (Å²) in [6.07, 6.45) is 0.639. The van der Waals surface area contributed by atoms with Crippen LogP contribution < -0.4 is 10.1 Å². The molecule has 0 saturated carbocycles. The van der Waals surface area contributed by atoms with E-state index >= 15 is 0 Å².